The third kappa shape index (κ3) is 4.03. The zero-order valence-electron chi connectivity index (χ0n) is 14.5. The first-order valence-electron chi connectivity index (χ1n) is 8.16. The number of aliphatic imine (C=N–C) groups is 2. The van der Waals surface area contributed by atoms with Gasteiger partial charge in [0, 0.05) is 25.0 Å². The second kappa shape index (κ2) is 7.74. The molecule has 132 valence electrons. The molecular formula is C20H18N2O4. The van der Waals surface area contributed by atoms with Gasteiger partial charge < -0.3 is 9.47 Å². The Bertz CT molecular complexity index is 786. The van der Waals surface area contributed by atoms with E-state index in [1.165, 1.54) is 13.8 Å². The number of carbonyl (C=O) groups excluding carboxylic acids is 2. The fourth-order valence-electron chi connectivity index (χ4n) is 2.63. The normalized spacial score (nSPS) is 19.2. The second-order valence-electron chi connectivity index (χ2n) is 5.69. The van der Waals surface area contributed by atoms with Gasteiger partial charge in [0.25, 0.3) is 12.5 Å². The molecule has 0 spiro atoms. The summed E-state index contributed by atoms with van der Waals surface area (Å²) in [4.78, 5) is 32.0. The van der Waals surface area contributed by atoms with Crippen LogP contribution in [-0.4, -0.2) is 35.8 Å². The molecule has 0 amide bonds. The highest BCUT2D eigenvalue weighted by Crippen LogP contribution is 2.21. The first-order chi connectivity index (χ1) is 12.5. The third-order valence-electron chi connectivity index (χ3n) is 3.65. The molecule has 6 nitrogen and oxygen atoms in total. The van der Waals surface area contributed by atoms with E-state index < -0.39 is 24.4 Å². The van der Waals surface area contributed by atoms with Crippen molar-refractivity contribution in [2.24, 2.45) is 9.98 Å². The lowest BCUT2D eigenvalue weighted by Crippen LogP contribution is -2.39. The van der Waals surface area contributed by atoms with Gasteiger partial charge in [-0.2, -0.15) is 0 Å². The molecule has 2 aromatic carbocycles. The zero-order valence-corrected chi connectivity index (χ0v) is 14.5. The van der Waals surface area contributed by atoms with Crippen LogP contribution in [0.1, 0.15) is 25.0 Å². The van der Waals surface area contributed by atoms with Crippen molar-refractivity contribution in [3.8, 4) is 0 Å². The number of hydrogen-bond donors (Lipinski definition) is 0. The Labute approximate surface area is 151 Å². The van der Waals surface area contributed by atoms with Crippen LogP contribution in [0.5, 0.6) is 0 Å². The molecule has 0 aliphatic carbocycles. The van der Waals surface area contributed by atoms with Crippen LogP contribution in [0.2, 0.25) is 0 Å². The highest BCUT2D eigenvalue weighted by molar-refractivity contribution is 6.53. The lowest BCUT2D eigenvalue weighted by atomic mass is 9.98. The number of hydrogen-bond acceptors (Lipinski definition) is 6. The molecule has 0 bridgehead atoms. The molecule has 0 saturated heterocycles. The van der Waals surface area contributed by atoms with E-state index in [4.69, 9.17) is 9.47 Å². The molecule has 2 atom stereocenters. The fraction of sp³-hybridized carbons (Fsp3) is 0.200. The standard InChI is InChI=1S/C20H18N2O4/c1-13(23)25-19-20(26-14(2)24)22-18(16-11-7-4-8-12-16)17(21-19)15-9-5-3-6-10-15/h3-12,19-20H,1-2H3/t19-,20-/m0/s1. The van der Waals surface area contributed by atoms with Crippen molar-refractivity contribution >= 4 is 23.4 Å². The van der Waals surface area contributed by atoms with Crippen molar-refractivity contribution in [3.63, 3.8) is 0 Å². The first kappa shape index (κ1) is 17.5. The van der Waals surface area contributed by atoms with Gasteiger partial charge in [-0.3, -0.25) is 9.59 Å². The Morgan fingerprint density at radius 2 is 1.04 bits per heavy atom. The fourth-order valence-corrected chi connectivity index (χ4v) is 2.63. The van der Waals surface area contributed by atoms with Crippen molar-refractivity contribution in [1.29, 1.82) is 0 Å². The Morgan fingerprint density at radius 3 is 1.35 bits per heavy atom. The third-order valence-corrected chi connectivity index (χ3v) is 3.65. The van der Waals surface area contributed by atoms with Crippen molar-refractivity contribution in [2.75, 3.05) is 0 Å². The van der Waals surface area contributed by atoms with Crippen molar-refractivity contribution in [2.45, 2.75) is 26.3 Å². The van der Waals surface area contributed by atoms with Gasteiger partial charge in [-0.15, -0.1) is 0 Å². The number of nitrogens with zero attached hydrogens (tertiary/aromatic N) is 2. The van der Waals surface area contributed by atoms with Gasteiger partial charge in [0.2, 0.25) is 0 Å². The molecule has 1 aliphatic heterocycles. The molecule has 0 fully saturated rings. The lowest BCUT2D eigenvalue weighted by molar-refractivity contribution is -0.164. The smallest absolute Gasteiger partial charge is 0.304 e. The summed E-state index contributed by atoms with van der Waals surface area (Å²) < 4.78 is 10.5. The minimum atomic E-state index is -1.03. The van der Waals surface area contributed by atoms with Gasteiger partial charge in [0.15, 0.2) is 0 Å². The van der Waals surface area contributed by atoms with Gasteiger partial charge >= 0.3 is 11.9 Å². The summed E-state index contributed by atoms with van der Waals surface area (Å²) in [5.74, 6) is -1.05. The molecule has 1 aliphatic rings. The zero-order chi connectivity index (χ0) is 18.5. The predicted octanol–water partition coefficient (Wildman–Crippen LogP) is 2.76. The van der Waals surface area contributed by atoms with Crippen LogP contribution >= 0.6 is 0 Å². The van der Waals surface area contributed by atoms with Gasteiger partial charge in [-0.1, -0.05) is 60.7 Å². The molecule has 0 saturated carbocycles. The van der Waals surface area contributed by atoms with Crippen LogP contribution < -0.4 is 0 Å². The number of benzene rings is 2. The summed E-state index contributed by atoms with van der Waals surface area (Å²) >= 11 is 0. The molecule has 6 heteroatoms. The highest BCUT2D eigenvalue weighted by atomic mass is 16.6. The molecule has 0 N–H and O–H groups in total. The summed E-state index contributed by atoms with van der Waals surface area (Å²) in [6.07, 6.45) is -2.06. The van der Waals surface area contributed by atoms with Crippen LogP contribution in [0.25, 0.3) is 0 Å². The molecule has 0 aromatic heterocycles. The van der Waals surface area contributed by atoms with Crippen LogP contribution in [0, 0.1) is 0 Å². The van der Waals surface area contributed by atoms with Crippen LogP contribution in [0.3, 0.4) is 0 Å². The molecular weight excluding hydrogens is 332 g/mol. The summed E-state index contributed by atoms with van der Waals surface area (Å²) in [5.41, 5.74) is 2.81. The van der Waals surface area contributed by atoms with Gasteiger partial charge in [0.1, 0.15) is 0 Å². The van der Waals surface area contributed by atoms with Crippen LogP contribution in [-0.2, 0) is 19.1 Å². The largest absolute Gasteiger partial charge is 0.434 e. The molecule has 26 heavy (non-hydrogen) atoms. The molecule has 0 unspecified atom stereocenters. The molecule has 2 aromatic rings. The maximum absolute atomic E-state index is 11.5. The Hall–Kier alpha value is -3.28. The van der Waals surface area contributed by atoms with Gasteiger partial charge in [0.05, 0.1) is 11.4 Å². The summed E-state index contributed by atoms with van der Waals surface area (Å²) in [7, 11) is 0. The van der Waals surface area contributed by atoms with Gasteiger partial charge in [-0.25, -0.2) is 9.98 Å². The SMILES string of the molecule is CC(=O)O[C@@H]1N=C(c2ccccc2)C(c2ccccc2)=N[C@H]1OC(C)=O. The van der Waals surface area contributed by atoms with E-state index in [-0.39, 0.29) is 0 Å². The summed E-state index contributed by atoms with van der Waals surface area (Å²) in [6, 6.07) is 18.9. The van der Waals surface area contributed by atoms with Gasteiger partial charge in [-0.05, 0) is 0 Å². The van der Waals surface area contributed by atoms with E-state index >= 15 is 0 Å². The quantitative estimate of drug-likeness (QED) is 0.795. The van der Waals surface area contributed by atoms with E-state index in [0.29, 0.717) is 11.4 Å². The van der Waals surface area contributed by atoms with E-state index in [2.05, 4.69) is 9.98 Å². The highest BCUT2D eigenvalue weighted by Gasteiger charge is 2.33. The first-order valence-corrected chi connectivity index (χ1v) is 8.16. The molecule has 3 rings (SSSR count). The summed E-state index contributed by atoms with van der Waals surface area (Å²) in [6.45, 7) is 2.55. The topological polar surface area (TPSA) is 77.3 Å². The minimum absolute atomic E-state index is 0.526. The maximum Gasteiger partial charge on any atom is 0.304 e. The predicted molar refractivity (Wildman–Crippen MR) is 97.1 cm³/mol. The van der Waals surface area contributed by atoms with E-state index in [1.807, 2.05) is 60.7 Å². The van der Waals surface area contributed by atoms with Crippen LogP contribution in [0.4, 0.5) is 0 Å². The number of carbonyl (C=O) groups is 2. The molecule has 1 heterocycles. The number of ether oxygens (including phenoxy) is 2. The average Bonchev–Trinajstić information content (AvgIpc) is 2.63. The number of rotatable bonds is 4. The van der Waals surface area contributed by atoms with E-state index in [9.17, 15) is 9.59 Å². The summed E-state index contributed by atoms with van der Waals surface area (Å²) in [5, 5.41) is 0. The van der Waals surface area contributed by atoms with Crippen molar-refractivity contribution < 1.29 is 19.1 Å². The van der Waals surface area contributed by atoms with E-state index in [1.54, 1.807) is 0 Å². The lowest BCUT2D eigenvalue weighted by Gasteiger charge is -2.27. The Kier molecular flexibility index (Phi) is 5.22. The van der Waals surface area contributed by atoms with Crippen LogP contribution in [0.15, 0.2) is 70.6 Å². The average molecular weight is 350 g/mol. The maximum atomic E-state index is 11.5. The monoisotopic (exact) mass is 350 g/mol. The molecule has 0 radical (unpaired) electrons. The Balaban J connectivity index is 2.10. The second-order valence-corrected chi connectivity index (χ2v) is 5.69. The Morgan fingerprint density at radius 1 is 0.692 bits per heavy atom. The minimum Gasteiger partial charge on any atom is -0.434 e. The number of esters is 2. The van der Waals surface area contributed by atoms with Crippen molar-refractivity contribution in [1.82, 2.24) is 0 Å². The van der Waals surface area contributed by atoms with E-state index in [0.717, 1.165) is 11.1 Å². The van der Waals surface area contributed by atoms with Crippen molar-refractivity contribution in [3.05, 3.63) is 71.8 Å².